The van der Waals surface area contributed by atoms with E-state index in [1.165, 1.54) is 6.07 Å². The number of benzene rings is 1. The van der Waals surface area contributed by atoms with E-state index < -0.39 is 5.54 Å². The van der Waals surface area contributed by atoms with Gasteiger partial charge in [-0.05, 0) is 57.6 Å². The molecule has 3 nitrogen and oxygen atoms in total. The number of halogens is 1. The maximum Gasteiger partial charge on any atom is 0.151 e. The molecule has 0 atom stereocenters. The summed E-state index contributed by atoms with van der Waals surface area (Å²) in [4.78, 5) is 4.62. The van der Waals surface area contributed by atoms with Gasteiger partial charge in [-0.2, -0.15) is 0 Å². The quantitative estimate of drug-likeness (QED) is 0.903. The molecule has 21 heavy (non-hydrogen) atoms. The highest BCUT2D eigenvalue weighted by Crippen LogP contribution is 2.39. The van der Waals surface area contributed by atoms with E-state index in [0.717, 1.165) is 42.9 Å². The standard InChI is InChI=1S/C17H24FN3/c1-11(2)21-14-6-4-5-13(18)15(14)20-16(21)17(19)9-7-12(3)8-10-17/h4-6,11-12H,7-10,19H2,1-3H3. The van der Waals surface area contributed by atoms with Gasteiger partial charge in [-0.1, -0.05) is 13.0 Å². The summed E-state index contributed by atoms with van der Waals surface area (Å²) in [6, 6.07) is 5.36. The second kappa shape index (κ2) is 5.09. The third-order valence-corrected chi connectivity index (χ3v) is 4.80. The van der Waals surface area contributed by atoms with Crippen LogP contribution in [0.25, 0.3) is 11.0 Å². The molecule has 0 saturated heterocycles. The lowest BCUT2D eigenvalue weighted by Gasteiger charge is -2.36. The Hall–Kier alpha value is -1.42. The molecule has 1 saturated carbocycles. The molecule has 4 heteroatoms. The highest BCUT2D eigenvalue weighted by Gasteiger charge is 2.37. The van der Waals surface area contributed by atoms with Gasteiger partial charge < -0.3 is 10.3 Å². The third-order valence-electron chi connectivity index (χ3n) is 4.80. The second-order valence-corrected chi connectivity index (χ2v) is 6.85. The van der Waals surface area contributed by atoms with Crippen LogP contribution >= 0.6 is 0 Å². The van der Waals surface area contributed by atoms with Gasteiger partial charge in [0, 0.05) is 6.04 Å². The Morgan fingerprint density at radius 2 is 2.00 bits per heavy atom. The fourth-order valence-corrected chi connectivity index (χ4v) is 3.46. The number of nitrogens with zero attached hydrogens (tertiary/aromatic N) is 2. The number of hydrogen-bond donors (Lipinski definition) is 1. The zero-order valence-electron chi connectivity index (χ0n) is 13.1. The normalized spacial score (nSPS) is 26.7. The first kappa shape index (κ1) is 14.5. The van der Waals surface area contributed by atoms with Gasteiger partial charge in [-0.25, -0.2) is 9.37 Å². The fraction of sp³-hybridized carbons (Fsp3) is 0.588. The Morgan fingerprint density at radius 3 is 2.62 bits per heavy atom. The second-order valence-electron chi connectivity index (χ2n) is 6.85. The molecule has 0 aliphatic heterocycles. The molecule has 0 radical (unpaired) electrons. The summed E-state index contributed by atoms with van der Waals surface area (Å²) in [6.45, 7) is 6.47. The van der Waals surface area contributed by atoms with Gasteiger partial charge in [0.05, 0.1) is 11.1 Å². The summed E-state index contributed by atoms with van der Waals surface area (Å²) >= 11 is 0. The van der Waals surface area contributed by atoms with E-state index in [2.05, 4.69) is 30.3 Å². The van der Waals surface area contributed by atoms with Crippen LogP contribution in [0.4, 0.5) is 4.39 Å². The van der Waals surface area contributed by atoms with Crippen molar-refractivity contribution in [3.8, 4) is 0 Å². The number of imidazole rings is 1. The topological polar surface area (TPSA) is 43.8 Å². The minimum absolute atomic E-state index is 0.214. The molecule has 1 aromatic heterocycles. The first-order chi connectivity index (χ1) is 9.92. The Kier molecular flexibility index (Phi) is 3.52. The Morgan fingerprint density at radius 1 is 1.33 bits per heavy atom. The van der Waals surface area contributed by atoms with E-state index in [-0.39, 0.29) is 11.9 Å². The van der Waals surface area contributed by atoms with Gasteiger partial charge in [0.25, 0.3) is 0 Å². The summed E-state index contributed by atoms with van der Waals surface area (Å²) < 4.78 is 16.2. The predicted octanol–water partition coefficient (Wildman–Crippen LogP) is 4.12. The third kappa shape index (κ3) is 2.35. The molecule has 0 unspecified atom stereocenters. The van der Waals surface area contributed by atoms with Crippen molar-refractivity contribution in [1.82, 2.24) is 9.55 Å². The van der Waals surface area contributed by atoms with Crippen molar-refractivity contribution < 1.29 is 4.39 Å². The Balaban J connectivity index is 2.18. The largest absolute Gasteiger partial charge is 0.324 e. The highest BCUT2D eigenvalue weighted by molar-refractivity contribution is 5.77. The zero-order valence-corrected chi connectivity index (χ0v) is 13.1. The van der Waals surface area contributed by atoms with Gasteiger partial charge in [0.1, 0.15) is 11.3 Å². The summed E-state index contributed by atoms with van der Waals surface area (Å²) in [5, 5.41) is 0. The summed E-state index contributed by atoms with van der Waals surface area (Å²) in [7, 11) is 0. The van der Waals surface area contributed by atoms with Crippen LogP contribution in [0.15, 0.2) is 18.2 Å². The molecular weight excluding hydrogens is 265 g/mol. The number of rotatable bonds is 2. The van der Waals surface area contributed by atoms with Crippen LogP contribution in [0, 0.1) is 11.7 Å². The van der Waals surface area contributed by atoms with Crippen LogP contribution in [0.2, 0.25) is 0 Å². The van der Waals surface area contributed by atoms with E-state index in [0.29, 0.717) is 5.52 Å². The van der Waals surface area contributed by atoms with Crippen molar-refractivity contribution in [2.24, 2.45) is 11.7 Å². The maximum atomic E-state index is 14.1. The zero-order chi connectivity index (χ0) is 15.2. The van der Waals surface area contributed by atoms with E-state index in [1.807, 2.05) is 6.07 Å². The summed E-state index contributed by atoms with van der Waals surface area (Å²) in [5.41, 5.74) is 7.56. The molecule has 0 amide bonds. The van der Waals surface area contributed by atoms with Gasteiger partial charge in [-0.3, -0.25) is 0 Å². The van der Waals surface area contributed by atoms with Gasteiger partial charge in [-0.15, -0.1) is 0 Å². The number of hydrogen-bond acceptors (Lipinski definition) is 2. The SMILES string of the molecule is CC1CCC(N)(c2nc3c(F)cccc3n2C(C)C)CC1. The molecule has 1 aromatic carbocycles. The van der Waals surface area contributed by atoms with E-state index >= 15 is 0 Å². The predicted molar refractivity (Wildman–Crippen MR) is 83.6 cm³/mol. The minimum atomic E-state index is -0.428. The molecule has 1 aliphatic rings. The average molecular weight is 289 g/mol. The van der Waals surface area contributed by atoms with Crippen molar-refractivity contribution in [3.63, 3.8) is 0 Å². The number of nitrogens with two attached hydrogens (primary N) is 1. The van der Waals surface area contributed by atoms with Gasteiger partial charge in [0.2, 0.25) is 0 Å². The molecule has 1 fully saturated rings. The average Bonchev–Trinajstić information content (AvgIpc) is 2.84. The molecule has 0 spiro atoms. The number of fused-ring (bicyclic) bond motifs is 1. The van der Waals surface area contributed by atoms with Crippen molar-refractivity contribution >= 4 is 11.0 Å². The van der Waals surface area contributed by atoms with Crippen LogP contribution in [0.5, 0.6) is 0 Å². The lowest BCUT2D eigenvalue weighted by atomic mass is 9.77. The van der Waals surface area contributed by atoms with Crippen LogP contribution in [-0.2, 0) is 5.54 Å². The van der Waals surface area contributed by atoms with Crippen LogP contribution in [-0.4, -0.2) is 9.55 Å². The van der Waals surface area contributed by atoms with Crippen molar-refractivity contribution in [1.29, 1.82) is 0 Å². The van der Waals surface area contributed by atoms with Gasteiger partial charge >= 0.3 is 0 Å². The first-order valence-electron chi connectivity index (χ1n) is 7.88. The molecule has 3 rings (SSSR count). The smallest absolute Gasteiger partial charge is 0.151 e. The Labute approximate surface area is 125 Å². The molecule has 0 bridgehead atoms. The molecule has 1 heterocycles. The Bertz CT molecular complexity index is 651. The molecule has 114 valence electrons. The number of aromatic nitrogens is 2. The van der Waals surface area contributed by atoms with Gasteiger partial charge in [0.15, 0.2) is 5.82 Å². The number of para-hydroxylation sites is 1. The van der Waals surface area contributed by atoms with Crippen LogP contribution in [0.1, 0.15) is 58.3 Å². The molecule has 2 N–H and O–H groups in total. The fourth-order valence-electron chi connectivity index (χ4n) is 3.46. The van der Waals surface area contributed by atoms with Crippen molar-refractivity contribution in [2.75, 3.05) is 0 Å². The lowest BCUT2D eigenvalue weighted by Crippen LogP contribution is -2.42. The van der Waals surface area contributed by atoms with E-state index in [4.69, 9.17) is 5.73 Å². The lowest BCUT2D eigenvalue weighted by molar-refractivity contribution is 0.229. The van der Waals surface area contributed by atoms with Crippen molar-refractivity contribution in [3.05, 3.63) is 29.8 Å². The van der Waals surface area contributed by atoms with E-state index in [9.17, 15) is 4.39 Å². The molecule has 2 aromatic rings. The first-order valence-corrected chi connectivity index (χ1v) is 7.88. The van der Waals surface area contributed by atoms with E-state index in [1.54, 1.807) is 6.07 Å². The highest BCUT2D eigenvalue weighted by atomic mass is 19.1. The van der Waals surface area contributed by atoms with Crippen LogP contribution in [0.3, 0.4) is 0 Å². The maximum absolute atomic E-state index is 14.1. The van der Waals surface area contributed by atoms with Crippen molar-refractivity contribution in [2.45, 2.75) is 58.0 Å². The monoisotopic (exact) mass is 289 g/mol. The summed E-state index contributed by atoms with van der Waals surface area (Å²) in [6.07, 6.45) is 4.07. The molecule has 1 aliphatic carbocycles. The summed E-state index contributed by atoms with van der Waals surface area (Å²) in [5.74, 6) is 1.31. The molecular formula is C17H24FN3. The van der Waals surface area contributed by atoms with Crippen LogP contribution < -0.4 is 5.73 Å². The minimum Gasteiger partial charge on any atom is -0.324 e.